The van der Waals surface area contributed by atoms with Crippen molar-refractivity contribution >= 4 is 17.3 Å². The van der Waals surface area contributed by atoms with Gasteiger partial charge in [-0.05, 0) is 35.9 Å². The highest BCUT2D eigenvalue weighted by molar-refractivity contribution is 7.13. The Morgan fingerprint density at radius 3 is 2.64 bits per heavy atom. The monoisotopic (exact) mass is 356 g/mol. The Bertz CT molecular complexity index is 960. The van der Waals surface area contributed by atoms with E-state index in [0.29, 0.717) is 23.7 Å². The lowest BCUT2D eigenvalue weighted by molar-refractivity contribution is 0.0689. The number of rotatable bonds is 4. The third-order valence-corrected chi connectivity index (χ3v) is 5.24. The fraction of sp³-hybridized carbons (Fsp3) is 0.222. The molecule has 0 spiro atoms. The molecule has 6 nitrogen and oxygen atoms in total. The topological polar surface area (TPSA) is 73.6 Å². The zero-order valence-electron chi connectivity index (χ0n) is 13.8. The van der Waals surface area contributed by atoms with Gasteiger partial charge in [0.15, 0.2) is 23.0 Å². The van der Waals surface area contributed by atoms with E-state index in [1.165, 1.54) is 11.3 Å². The van der Waals surface area contributed by atoms with Crippen molar-refractivity contribution in [3.8, 4) is 27.9 Å². The number of aryl methyl sites for hydroxylation is 1. The lowest BCUT2D eigenvalue weighted by Crippen LogP contribution is -2.15. The minimum atomic E-state index is -1.00. The van der Waals surface area contributed by atoms with Gasteiger partial charge in [-0.15, -0.1) is 11.3 Å². The zero-order chi connectivity index (χ0) is 17.6. The molecule has 1 aliphatic rings. The van der Waals surface area contributed by atoms with Gasteiger partial charge in [-0.1, -0.05) is 6.07 Å². The van der Waals surface area contributed by atoms with Crippen LogP contribution in [0, 0.1) is 0 Å². The Morgan fingerprint density at radius 1 is 1.24 bits per heavy atom. The molecule has 0 saturated carbocycles. The van der Waals surface area contributed by atoms with Gasteiger partial charge in [0.1, 0.15) is 0 Å². The number of carboxylic acids is 1. The molecular weight excluding hydrogens is 340 g/mol. The maximum atomic E-state index is 11.7. The molecular formula is C18H16N2O4S. The van der Waals surface area contributed by atoms with Crippen LogP contribution in [0.5, 0.6) is 11.5 Å². The summed E-state index contributed by atoms with van der Waals surface area (Å²) >= 11 is 1.53. The molecule has 2 aromatic heterocycles. The Balaban J connectivity index is 2.02. The Morgan fingerprint density at radius 2 is 2.00 bits per heavy atom. The number of benzene rings is 1. The van der Waals surface area contributed by atoms with Gasteiger partial charge in [0.05, 0.1) is 30.5 Å². The van der Waals surface area contributed by atoms with Crippen molar-refractivity contribution in [2.24, 2.45) is 0 Å². The average molecular weight is 356 g/mol. The van der Waals surface area contributed by atoms with E-state index in [2.05, 4.69) is 4.98 Å². The van der Waals surface area contributed by atoms with Crippen LogP contribution >= 0.6 is 11.3 Å². The normalized spacial score (nSPS) is 12.4. The van der Waals surface area contributed by atoms with E-state index in [0.717, 1.165) is 28.2 Å². The number of thiophene rings is 1. The molecule has 0 aliphatic carbocycles. The second-order valence-corrected chi connectivity index (χ2v) is 6.63. The highest BCUT2D eigenvalue weighted by Crippen LogP contribution is 2.39. The first kappa shape index (κ1) is 15.7. The third-order valence-electron chi connectivity index (χ3n) is 4.37. The number of methoxy groups -OCH3 is 2. The van der Waals surface area contributed by atoms with Crippen molar-refractivity contribution in [3.63, 3.8) is 0 Å². The molecule has 128 valence electrons. The van der Waals surface area contributed by atoms with Crippen molar-refractivity contribution < 1.29 is 19.4 Å². The van der Waals surface area contributed by atoms with Gasteiger partial charge in [0.2, 0.25) is 0 Å². The first-order valence-electron chi connectivity index (χ1n) is 7.78. The molecule has 1 aliphatic heterocycles. The Labute approximate surface area is 148 Å². The summed E-state index contributed by atoms with van der Waals surface area (Å²) in [6, 6.07) is 7.72. The zero-order valence-corrected chi connectivity index (χ0v) is 14.6. The average Bonchev–Trinajstić information content (AvgIpc) is 3.27. The van der Waals surface area contributed by atoms with Crippen molar-refractivity contribution in [2.45, 2.75) is 12.8 Å². The third kappa shape index (κ3) is 2.39. The van der Waals surface area contributed by atoms with Gasteiger partial charge < -0.3 is 14.6 Å². The molecule has 0 unspecified atom stereocenters. The lowest BCUT2D eigenvalue weighted by atomic mass is 9.99. The fourth-order valence-corrected chi connectivity index (χ4v) is 3.96. The maximum absolute atomic E-state index is 11.7. The quantitative estimate of drug-likeness (QED) is 0.775. The molecule has 1 aromatic carbocycles. The maximum Gasteiger partial charge on any atom is 0.356 e. The van der Waals surface area contributed by atoms with Crippen LogP contribution < -0.4 is 9.47 Å². The molecule has 1 N–H and O–H groups in total. The van der Waals surface area contributed by atoms with Gasteiger partial charge in [0.25, 0.3) is 0 Å². The summed E-state index contributed by atoms with van der Waals surface area (Å²) < 4.78 is 12.8. The van der Waals surface area contributed by atoms with E-state index in [9.17, 15) is 9.90 Å². The number of hydrogen-bond acceptors (Lipinski definition) is 5. The highest BCUT2D eigenvalue weighted by Gasteiger charge is 2.29. The number of hydrogen-bond donors (Lipinski definition) is 1. The summed E-state index contributed by atoms with van der Waals surface area (Å²) in [5.74, 6) is 0.920. The van der Waals surface area contributed by atoms with Crippen LogP contribution in [-0.2, 0) is 12.8 Å². The first-order chi connectivity index (χ1) is 12.1. The van der Waals surface area contributed by atoms with E-state index in [1.54, 1.807) is 14.2 Å². The predicted octanol–water partition coefficient (Wildman–Crippen LogP) is 3.41. The number of imidazole rings is 1. The number of aromatic nitrogens is 2. The van der Waals surface area contributed by atoms with E-state index < -0.39 is 5.97 Å². The van der Waals surface area contributed by atoms with Crippen LogP contribution in [0.15, 0.2) is 29.6 Å². The van der Waals surface area contributed by atoms with Gasteiger partial charge in [-0.25, -0.2) is 9.78 Å². The molecule has 25 heavy (non-hydrogen) atoms. The van der Waals surface area contributed by atoms with E-state index >= 15 is 0 Å². The number of carboxylic acid groups (broad SMARTS) is 1. The summed E-state index contributed by atoms with van der Waals surface area (Å²) in [6.07, 6.45) is 1.34. The minimum Gasteiger partial charge on any atom is -0.493 e. The van der Waals surface area contributed by atoms with E-state index in [-0.39, 0.29) is 5.69 Å². The smallest absolute Gasteiger partial charge is 0.356 e. The first-order valence-corrected chi connectivity index (χ1v) is 8.66. The molecule has 0 saturated heterocycles. The van der Waals surface area contributed by atoms with Gasteiger partial charge >= 0.3 is 5.97 Å². The van der Waals surface area contributed by atoms with Crippen LogP contribution in [0.2, 0.25) is 0 Å². The number of carbonyl (C=O) groups is 1. The lowest BCUT2D eigenvalue weighted by Gasteiger charge is -2.23. The fourth-order valence-electron chi connectivity index (χ4n) is 3.26. The van der Waals surface area contributed by atoms with Gasteiger partial charge in [0, 0.05) is 6.07 Å². The minimum absolute atomic E-state index is 0.115. The number of nitrogens with zero attached hydrogens (tertiary/aromatic N) is 2. The van der Waals surface area contributed by atoms with E-state index in [1.807, 2.05) is 34.2 Å². The van der Waals surface area contributed by atoms with E-state index in [4.69, 9.17) is 9.47 Å². The Kier molecular flexibility index (Phi) is 3.73. The summed E-state index contributed by atoms with van der Waals surface area (Å²) in [5.41, 5.74) is 2.80. The molecule has 7 heteroatoms. The van der Waals surface area contributed by atoms with Crippen LogP contribution in [0.1, 0.15) is 21.7 Å². The molecule has 0 amide bonds. The largest absolute Gasteiger partial charge is 0.493 e. The molecule has 3 aromatic rings. The second kappa shape index (κ2) is 5.93. The highest BCUT2D eigenvalue weighted by atomic mass is 32.1. The van der Waals surface area contributed by atoms with Gasteiger partial charge in [-0.2, -0.15) is 0 Å². The van der Waals surface area contributed by atoms with Crippen molar-refractivity contribution in [2.75, 3.05) is 14.2 Å². The van der Waals surface area contributed by atoms with Crippen LogP contribution in [0.3, 0.4) is 0 Å². The van der Waals surface area contributed by atoms with Crippen LogP contribution in [0.25, 0.3) is 16.4 Å². The second-order valence-electron chi connectivity index (χ2n) is 5.68. The van der Waals surface area contributed by atoms with Crippen molar-refractivity contribution in [1.29, 1.82) is 0 Å². The molecule has 0 bridgehead atoms. The van der Waals surface area contributed by atoms with Gasteiger partial charge in [-0.3, -0.25) is 4.57 Å². The predicted molar refractivity (Wildman–Crippen MR) is 94.3 cm³/mol. The molecule has 0 fully saturated rings. The van der Waals surface area contributed by atoms with Crippen LogP contribution in [0.4, 0.5) is 0 Å². The summed E-state index contributed by atoms with van der Waals surface area (Å²) in [4.78, 5) is 17.0. The molecule has 0 radical (unpaired) electrons. The number of ether oxygens (including phenoxy) is 2. The molecule has 3 heterocycles. The van der Waals surface area contributed by atoms with Crippen LogP contribution in [-0.4, -0.2) is 34.8 Å². The summed E-state index contributed by atoms with van der Waals surface area (Å²) in [5, 5.41) is 11.5. The Hall–Kier alpha value is -2.80. The SMILES string of the molecule is COc1cc2c(cc1OC)-n1c(-c3cccs3)nc(C(=O)O)c1CC2. The summed E-state index contributed by atoms with van der Waals surface area (Å²) in [6.45, 7) is 0. The standard InChI is InChI=1S/C18H16N2O4S/c1-23-13-8-10-5-6-11-16(18(21)22)19-17(15-4-3-7-25-15)20(11)12(10)9-14(13)24-2/h3-4,7-9H,5-6H2,1-2H3,(H,21,22). The number of aromatic carboxylic acids is 1. The van der Waals surface area contributed by atoms with Crippen molar-refractivity contribution in [1.82, 2.24) is 9.55 Å². The molecule has 4 rings (SSSR count). The van der Waals surface area contributed by atoms with Crippen molar-refractivity contribution in [3.05, 3.63) is 46.6 Å². The summed E-state index contributed by atoms with van der Waals surface area (Å²) in [7, 11) is 3.19. The number of fused-ring (bicyclic) bond motifs is 3. The molecule has 0 atom stereocenters.